The van der Waals surface area contributed by atoms with Gasteiger partial charge in [-0.1, -0.05) is 72.9 Å². The zero-order valence-corrected chi connectivity index (χ0v) is 24.4. The number of carbonyl (C=O) groups is 2. The number of fused-ring (bicyclic) bond motifs is 1. The lowest BCUT2D eigenvalue weighted by Crippen LogP contribution is -2.40. The van der Waals surface area contributed by atoms with E-state index in [4.69, 9.17) is 19.2 Å². The Hall–Kier alpha value is -4.76. The molecule has 3 aromatic carbocycles. The third kappa shape index (κ3) is 5.96. The number of rotatable bonds is 9. The maximum atomic E-state index is 13.8. The Balaban J connectivity index is 1.45. The van der Waals surface area contributed by atoms with Gasteiger partial charge in [-0.05, 0) is 60.4 Å². The number of esters is 2. The van der Waals surface area contributed by atoms with Gasteiger partial charge in [0.05, 0.1) is 41.1 Å². The van der Waals surface area contributed by atoms with Crippen LogP contribution in [0.4, 0.5) is 0 Å². The summed E-state index contributed by atoms with van der Waals surface area (Å²) in [5.74, 6) is -0.223. The van der Waals surface area contributed by atoms with Crippen LogP contribution in [0.25, 0.3) is 6.08 Å². The summed E-state index contributed by atoms with van der Waals surface area (Å²) >= 11 is 1.28. The Morgan fingerprint density at radius 3 is 2.43 bits per heavy atom. The number of methoxy groups -OCH3 is 1. The van der Waals surface area contributed by atoms with E-state index in [-0.39, 0.29) is 11.5 Å². The summed E-state index contributed by atoms with van der Waals surface area (Å²) in [4.78, 5) is 43.8. The molecule has 0 unspecified atom stereocenters. The Kier molecular flexibility index (Phi) is 8.78. The van der Waals surface area contributed by atoms with Gasteiger partial charge in [-0.15, -0.1) is 0 Å². The molecule has 0 bridgehead atoms. The first kappa shape index (κ1) is 28.8. The molecule has 42 heavy (non-hydrogen) atoms. The highest BCUT2D eigenvalue weighted by molar-refractivity contribution is 7.07. The van der Waals surface area contributed by atoms with Crippen LogP contribution in [0.2, 0.25) is 0 Å². The van der Waals surface area contributed by atoms with E-state index in [2.05, 4.69) is 0 Å². The van der Waals surface area contributed by atoms with E-state index < -0.39 is 12.0 Å². The second-order valence-electron chi connectivity index (χ2n) is 9.48. The highest BCUT2D eigenvalue weighted by Crippen LogP contribution is 2.31. The Morgan fingerprint density at radius 1 is 0.976 bits per heavy atom. The minimum absolute atomic E-state index is 0.239. The van der Waals surface area contributed by atoms with Gasteiger partial charge in [-0.25, -0.2) is 14.6 Å². The topological polar surface area (TPSA) is 96.2 Å². The number of hydrogen-bond acceptors (Lipinski definition) is 8. The van der Waals surface area contributed by atoms with E-state index in [1.54, 1.807) is 29.7 Å². The fourth-order valence-electron chi connectivity index (χ4n) is 4.78. The monoisotopic (exact) mass is 582 g/mol. The molecule has 1 aromatic heterocycles. The summed E-state index contributed by atoms with van der Waals surface area (Å²) in [6.45, 7) is 4.33. The quantitative estimate of drug-likeness (QED) is 0.269. The molecule has 0 amide bonds. The van der Waals surface area contributed by atoms with Crippen LogP contribution in [0.5, 0.6) is 5.75 Å². The molecule has 8 nitrogen and oxygen atoms in total. The number of hydrogen-bond donors (Lipinski definition) is 0. The Bertz CT molecular complexity index is 1820. The summed E-state index contributed by atoms with van der Waals surface area (Å²) in [6, 6.07) is 23.3. The van der Waals surface area contributed by atoms with Crippen molar-refractivity contribution < 1.29 is 23.8 Å². The SMILES string of the molecule is CCOC(=O)c1ccc(COc2cccc(/C=c3/sc4n(c3=O)[C@H](c3ccccc3)C(C(=O)OC)=C(CC)N=4)c2)cc1. The lowest BCUT2D eigenvalue weighted by Gasteiger charge is -2.25. The Labute approximate surface area is 246 Å². The molecule has 4 aromatic rings. The minimum Gasteiger partial charge on any atom is -0.489 e. The molecule has 0 N–H and O–H groups in total. The highest BCUT2D eigenvalue weighted by atomic mass is 32.1. The molecule has 214 valence electrons. The molecule has 0 saturated heterocycles. The molecule has 5 rings (SSSR count). The van der Waals surface area contributed by atoms with Gasteiger partial charge in [0.2, 0.25) is 0 Å². The van der Waals surface area contributed by atoms with E-state index in [1.165, 1.54) is 18.4 Å². The lowest BCUT2D eigenvalue weighted by molar-refractivity contribution is -0.136. The largest absolute Gasteiger partial charge is 0.489 e. The first-order valence-corrected chi connectivity index (χ1v) is 14.4. The maximum absolute atomic E-state index is 13.8. The van der Waals surface area contributed by atoms with Crippen molar-refractivity contribution in [3.8, 4) is 5.75 Å². The average Bonchev–Trinajstić information content (AvgIpc) is 3.33. The fourth-order valence-corrected chi connectivity index (χ4v) is 5.80. The number of benzene rings is 3. The van der Waals surface area contributed by atoms with Crippen molar-refractivity contribution in [2.75, 3.05) is 13.7 Å². The van der Waals surface area contributed by atoms with Gasteiger partial charge < -0.3 is 14.2 Å². The van der Waals surface area contributed by atoms with E-state index in [0.717, 1.165) is 16.7 Å². The second-order valence-corrected chi connectivity index (χ2v) is 10.5. The second kappa shape index (κ2) is 12.8. The van der Waals surface area contributed by atoms with Gasteiger partial charge in [-0.2, -0.15) is 0 Å². The number of aromatic nitrogens is 1. The van der Waals surface area contributed by atoms with E-state index in [9.17, 15) is 14.4 Å². The van der Waals surface area contributed by atoms with Crippen LogP contribution in [0, 0.1) is 0 Å². The molecular formula is C33H30N2O6S. The third-order valence-corrected chi connectivity index (χ3v) is 7.77. The molecule has 1 aliphatic heterocycles. The predicted molar refractivity (Wildman–Crippen MR) is 160 cm³/mol. The number of carbonyl (C=O) groups excluding carboxylic acids is 2. The van der Waals surface area contributed by atoms with Crippen LogP contribution < -0.4 is 19.6 Å². The van der Waals surface area contributed by atoms with Crippen molar-refractivity contribution in [2.45, 2.75) is 32.9 Å². The van der Waals surface area contributed by atoms with Crippen molar-refractivity contribution in [3.05, 3.63) is 132 Å². The summed E-state index contributed by atoms with van der Waals surface area (Å²) in [7, 11) is 1.34. The molecule has 1 atom stereocenters. The molecule has 2 heterocycles. The number of ether oxygens (including phenoxy) is 3. The number of thiazole rings is 1. The van der Waals surface area contributed by atoms with Crippen molar-refractivity contribution in [1.29, 1.82) is 0 Å². The lowest BCUT2D eigenvalue weighted by atomic mass is 9.95. The van der Waals surface area contributed by atoms with Gasteiger partial charge >= 0.3 is 11.9 Å². The summed E-state index contributed by atoms with van der Waals surface area (Å²) in [6.07, 6.45) is 2.32. The molecule has 0 radical (unpaired) electrons. The summed E-state index contributed by atoms with van der Waals surface area (Å²) in [5, 5.41) is 0. The zero-order valence-electron chi connectivity index (χ0n) is 23.5. The smallest absolute Gasteiger partial charge is 0.338 e. The van der Waals surface area contributed by atoms with E-state index >= 15 is 0 Å². The number of nitrogens with zero attached hydrogens (tertiary/aromatic N) is 2. The average molecular weight is 583 g/mol. The molecular weight excluding hydrogens is 552 g/mol. The van der Waals surface area contributed by atoms with Gasteiger partial charge in [-0.3, -0.25) is 9.36 Å². The maximum Gasteiger partial charge on any atom is 0.338 e. The summed E-state index contributed by atoms with van der Waals surface area (Å²) in [5.41, 5.74) is 3.72. The number of allylic oxidation sites excluding steroid dienone is 1. The normalized spacial score (nSPS) is 14.6. The molecule has 0 spiro atoms. The van der Waals surface area contributed by atoms with Crippen molar-refractivity contribution in [1.82, 2.24) is 4.57 Å². The zero-order chi connectivity index (χ0) is 29.6. The van der Waals surface area contributed by atoms with Crippen LogP contribution in [-0.2, 0) is 20.9 Å². The Morgan fingerprint density at radius 2 is 1.74 bits per heavy atom. The molecule has 0 fully saturated rings. The van der Waals surface area contributed by atoms with Crippen molar-refractivity contribution in [2.24, 2.45) is 4.99 Å². The van der Waals surface area contributed by atoms with E-state index in [0.29, 0.717) is 51.6 Å². The molecule has 0 saturated carbocycles. The van der Waals surface area contributed by atoms with Crippen LogP contribution >= 0.6 is 11.3 Å². The molecule has 0 aliphatic carbocycles. The first-order chi connectivity index (χ1) is 20.4. The van der Waals surface area contributed by atoms with Crippen LogP contribution in [0.3, 0.4) is 0 Å². The summed E-state index contributed by atoms with van der Waals surface area (Å²) < 4.78 is 18.2. The van der Waals surface area contributed by atoms with Gasteiger partial charge in [0.1, 0.15) is 12.4 Å². The predicted octanol–water partition coefficient (Wildman–Crippen LogP) is 4.55. The molecule has 9 heteroatoms. The van der Waals surface area contributed by atoms with Crippen LogP contribution in [-0.4, -0.2) is 30.2 Å². The van der Waals surface area contributed by atoms with Gasteiger partial charge in [0, 0.05) is 0 Å². The third-order valence-electron chi connectivity index (χ3n) is 6.79. The van der Waals surface area contributed by atoms with Gasteiger partial charge in [0.25, 0.3) is 5.56 Å². The van der Waals surface area contributed by atoms with Crippen molar-refractivity contribution >= 4 is 29.4 Å². The minimum atomic E-state index is -0.642. The van der Waals surface area contributed by atoms with Crippen molar-refractivity contribution in [3.63, 3.8) is 0 Å². The van der Waals surface area contributed by atoms with E-state index in [1.807, 2.05) is 73.7 Å². The molecule has 1 aliphatic rings. The highest BCUT2D eigenvalue weighted by Gasteiger charge is 2.33. The first-order valence-electron chi connectivity index (χ1n) is 13.6. The van der Waals surface area contributed by atoms with Gasteiger partial charge in [0.15, 0.2) is 4.80 Å². The van der Waals surface area contributed by atoms with Crippen LogP contribution in [0.1, 0.15) is 53.4 Å². The van der Waals surface area contributed by atoms with Crippen LogP contribution in [0.15, 0.2) is 99.9 Å². The fraction of sp³-hybridized carbons (Fsp3) is 0.212. The standard InChI is InChI=1S/C33H30N2O6S/c1-4-26-28(32(38)39-3)29(23-11-7-6-8-12-23)35-30(36)27(42-33(35)34-26)19-22-10-9-13-25(18-22)41-20-21-14-16-24(17-15-21)31(37)40-5-2/h6-19,29H,4-5,20H2,1-3H3/b27-19+/t29-/m1/s1.